The first-order valence-corrected chi connectivity index (χ1v) is 33.2. The summed E-state index contributed by atoms with van der Waals surface area (Å²) in [6.07, 6.45) is 88.4. The maximum Gasteiger partial charge on any atom is 0.306 e. The van der Waals surface area contributed by atoms with Crippen LogP contribution in [0.1, 0.15) is 323 Å². The molecule has 0 saturated carbocycles. The summed E-state index contributed by atoms with van der Waals surface area (Å²) in [5.41, 5.74) is 0. The fraction of sp³-hybridized carbons (Fsp3) is 0.736. The lowest BCUT2D eigenvalue weighted by Crippen LogP contribution is -2.30. The molecule has 0 heterocycles. The smallest absolute Gasteiger partial charge is 0.306 e. The van der Waals surface area contributed by atoms with Crippen LogP contribution < -0.4 is 0 Å². The Bertz CT molecular complexity index is 1530. The minimum atomic E-state index is -0.793. The van der Waals surface area contributed by atoms with Crippen LogP contribution in [0.25, 0.3) is 0 Å². The molecule has 0 amide bonds. The van der Waals surface area contributed by atoms with Gasteiger partial charge in [0.1, 0.15) is 13.2 Å². The monoisotopic (exact) mass is 1080 g/mol. The van der Waals surface area contributed by atoms with Gasteiger partial charge in [0.05, 0.1) is 0 Å². The van der Waals surface area contributed by atoms with Gasteiger partial charge < -0.3 is 14.2 Å². The third-order valence-corrected chi connectivity index (χ3v) is 14.3. The molecule has 0 aromatic rings. The summed E-state index contributed by atoms with van der Waals surface area (Å²) >= 11 is 0. The predicted octanol–water partition coefficient (Wildman–Crippen LogP) is 22.8. The van der Waals surface area contributed by atoms with Crippen LogP contribution >= 0.6 is 0 Å². The minimum Gasteiger partial charge on any atom is -0.462 e. The molecule has 6 nitrogen and oxygen atoms in total. The highest BCUT2D eigenvalue weighted by molar-refractivity contribution is 5.71. The summed E-state index contributed by atoms with van der Waals surface area (Å²) < 4.78 is 16.9. The second-order valence-corrected chi connectivity index (χ2v) is 22.0. The number of rotatable bonds is 60. The highest BCUT2D eigenvalue weighted by Crippen LogP contribution is 2.17. The zero-order valence-electron chi connectivity index (χ0n) is 51.4. The Labute approximate surface area is 483 Å². The average Bonchev–Trinajstić information content (AvgIpc) is 3.44. The fourth-order valence-electron chi connectivity index (χ4n) is 9.36. The zero-order chi connectivity index (χ0) is 56.4. The molecule has 0 aromatic carbocycles. The molecule has 0 bridgehead atoms. The summed E-state index contributed by atoms with van der Waals surface area (Å²) in [4.78, 5) is 38.4. The molecule has 6 heteroatoms. The molecule has 1 atom stereocenters. The van der Waals surface area contributed by atoms with Crippen LogP contribution in [-0.4, -0.2) is 37.2 Å². The minimum absolute atomic E-state index is 0.0879. The van der Waals surface area contributed by atoms with Crippen LogP contribution in [0.2, 0.25) is 0 Å². The second-order valence-electron chi connectivity index (χ2n) is 22.0. The van der Waals surface area contributed by atoms with Gasteiger partial charge in [-0.3, -0.25) is 14.4 Å². The largest absolute Gasteiger partial charge is 0.462 e. The molecule has 0 radical (unpaired) electrons. The van der Waals surface area contributed by atoms with Crippen LogP contribution in [0.5, 0.6) is 0 Å². The van der Waals surface area contributed by atoms with E-state index in [9.17, 15) is 14.4 Å². The lowest BCUT2D eigenvalue weighted by Gasteiger charge is -2.18. The van der Waals surface area contributed by atoms with Crippen LogP contribution in [-0.2, 0) is 28.6 Å². The average molecular weight is 1090 g/mol. The number of hydrogen-bond donors (Lipinski definition) is 0. The van der Waals surface area contributed by atoms with Crippen molar-refractivity contribution in [2.45, 2.75) is 329 Å². The van der Waals surface area contributed by atoms with Gasteiger partial charge in [0.2, 0.25) is 0 Å². The van der Waals surface area contributed by atoms with Gasteiger partial charge in [-0.1, -0.05) is 298 Å². The predicted molar refractivity (Wildman–Crippen MR) is 339 cm³/mol. The van der Waals surface area contributed by atoms with Crippen molar-refractivity contribution in [3.05, 3.63) is 97.2 Å². The Kier molecular flexibility index (Phi) is 62.7. The summed E-state index contributed by atoms with van der Waals surface area (Å²) in [5, 5.41) is 0. The van der Waals surface area contributed by atoms with Crippen LogP contribution in [0.4, 0.5) is 0 Å². The molecule has 0 aliphatic heterocycles. The molecule has 78 heavy (non-hydrogen) atoms. The Balaban J connectivity index is 4.42. The quantitative estimate of drug-likeness (QED) is 0.0261. The maximum absolute atomic E-state index is 12.9. The number of carbonyl (C=O) groups excluding carboxylic acids is 3. The third-order valence-electron chi connectivity index (χ3n) is 14.3. The van der Waals surface area contributed by atoms with Gasteiger partial charge in [0, 0.05) is 19.3 Å². The number of esters is 3. The van der Waals surface area contributed by atoms with Crippen molar-refractivity contribution in [3.63, 3.8) is 0 Å². The highest BCUT2D eigenvalue weighted by atomic mass is 16.6. The molecule has 0 spiro atoms. The van der Waals surface area contributed by atoms with Gasteiger partial charge in [-0.15, -0.1) is 0 Å². The molecule has 1 unspecified atom stereocenters. The second kappa shape index (κ2) is 65.8. The summed E-state index contributed by atoms with van der Waals surface area (Å²) in [6.45, 7) is 6.51. The van der Waals surface area contributed by atoms with Crippen LogP contribution in [0.3, 0.4) is 0 Å². The van der Waals surface area contributed by atoms with E-state index < -0.39 is 6.10 Å². The zero-order valence-corrected chi connectivity index (χ0v) is 51.4. The Hall–Kier alpha value is -3.67. The molecular weight excluding hydrogens is 961 g/mol. The first kappa shape index (κ1) is 74.3. The van der Waals surface area contributed by atoms with E-state index in [4.69, 9.17) is 14.2 Å². The molecule has 0 aliphatic rings. The third kappa shape index (κ3) is 63.2. The standard InChI is InChI=1S/C72H124O6/c1-4-7-10-13-16-19-22-25-28-31-33-35-36-37-39-41-44-47-50-53-56-59-62-65-71(74)77-68-69(67-76-70(73)64-61-58-55-52-49-46-43-40-30-27-24-21-18-15-12-9-6-3)78-72(75)66-63-60-57-54-51-48-45-42-38-34-32-29-26-23-20-17-14-11-8-5-2/h7,10,16,18-19,21,25,27-28,30,33,35,37,39,44,47,69H,4-6,8-9,11-15,17,20,22-24,26,29,31-32,34,36,38,40-43,45-46,48-68H2,1-3H3/b10-7-,19-16-,21-18-,28-25-,30-27-,35-33-,39-37-,47-44-. The van der Waals surface area contributed by atoms with Crippen molar-refractivity contribution in [1.29, 1.82) is 0 Å². The van der Waals surface area contributed by atoms with E-state index in [0.717, 1.165) is 122 Å². The van der Waals surface area contributed by atoms with Crippen molar-refractivity contribution >= 4 is 17.9 Å². The van der Waals surface area contributed by atoms with Crippen LogP contribution in [0, 0.1) is 0 Å². The summed E-state index contributed by atoms with van der Waals surface area (Å²) in [7, 11) is 0. The molecule has 0 saturated heterocycles. The van der Waals surface area contributed by atoms with E-state index in [-0.39, 0.29) is 31.1 Å². The van der Waals surface area contributed by atoms with Crippen molar-refractivity contribution < 1.29 is 28.6 Å². The van der Waals surface area contributed by atoms with E-state index in [0.29, 0.717) is 19.3 Å². The maximum atomic E-state index is 12.9. The van der Waals surface area contributed by atoms with Gasteiger partial charge in [-0.2, -0.15) is 0 Å². The van der Waals surface area contributed by atoms with Crippen molar-refractivity contribution in [2.75, 3.05) is 13.2 Å². The number of carbonyl (C=O) groups is 3. The first-order valence-electron chi connectivity index (χ1n) is 33.2. The molecule has 0 aromatic heterocycles. The van der Waals surface area contributed by atoms with Gasteiger partial charge in [-0.25, -0.2) is 0 Å². The molecule has 448 valence electrons. The number of ether oxygens (including phenoxy) is 3. The van der Waals surface area contributed by atoms with Crippen molar-refractivity contribution in [3.8, 4) is 0 Å². The van der Waals surface area contributed by atoms with Gasteiger partial charge in [0.25, 0.3) is 0 Å². The van der Waals surface area contributed by atoms with E-state index in [1.165, 1.54) is 161 Å². The Morgan fingerprint density at radius 3 is 0.808 bits per heavy atom. The number of hydrogen-bond acceptors (Lipinski definition) is 6. The van der Waals surface area contributed by atoms with Gasteiger partial charge in [-0.05, 0) is 103 Å². The lowest BCUT2D eigenvalue weighted by atomic mass is 10.0. The van der Waals surface area contributed by atoms with E-state index in [1.54, 1.807) is 0 Å². The topological polar surface area (TPSA) is 78.9 Å². The summed E-state index contributed by atoms with van der Waals surface area (Å²) in [6, 6.07) is 0. The molecule has 0 aliphatic carbocycles. The van der Waals surface area contributed by atoms with Crippen molar-refractivity contribution in [2.24, 2.45) is 0 Å². The van der Waals surface area contributed by atoms with Gasteiger partial charge in [0.15, 0.2) is 6.10 Å². The molecule has 0 N–H and O–H groups in total. The van der Waals surface area contributed by atoms with E-state index in [1.807, 2.05) is 0 Å². The van der Waals surface area contributed by atoms with Gasteiger partial charge >= 0.3 is 17.9 Å². The van der Waals surface area contributed by atoms with E-state index in [2.05, 4.69) is 118 Å². The van der Waals surface area contributed by atoms with Crippen LogP contribution in [0.15, 0.2) is 97.2 Å². The summed E-state index contributed by atoms with van der Waals surface area (Å²) in [5.74, 6) is -0.906. The number of unbranched alkanes of at least 4 members (excludes halogenated alkanes) is 33. The normalized spacial score (nSPS) is 12.7. The molecule has 0 rings (SSSR count). The first-order chi connectivity index (χ1) is 38.5. The molecule has 0 fully saturated rings. The number of allylic oxidation sites excluding steroid dienone is 16. The van der Waals surface area contributed by atoms with Crippen molar-refractivity contribution in [1.82, 2.24) is 0 Å². The van der Waals surface area contributed by atoms with E-state index >= 15 is 0 Å². The Morgan fingerprint density at radius 2 is 0.500 bits per heavy atom. The Morgan fingerprint density at radius 1 is 0.269 bits per heavy atom. The SMILES string of the molecule is CC/C=C\C/C=C\C/C=C\C/C=C\C/C=C\C/C=C\CCCCCCC(=O)OCC(COC(=O)CCCCCCCCC/C=C\C/C=C\CCCCC)OC(=O)CCCCCCCCCCCCCCCCCCCCCC. The fourth-order valence-corrected chi connectivity index (χ4v) is 9.36. The highest BCUT2D eigenvalue weighted by Gasteiger charge is 2.19. The molecular formula is C72H124O6. The lowest BCUT2D eigenvalue weighted by molar-refractivity contribution is -0.167.